The van der Waals surface area contributed by atoms with Gasteiger partial charge in [0.1, 0.15) is 5.82 Å². The average molecular weight is 250 g/mol. The van der Waals surface area contributed by atoms with Crippen LogP contribution in [0.2, 0.25) is 0 Å². The Labute approximate surface area is 110 Å². The minimum Gasteiger partial charge on any atom is -0.393 e. The summed E-state index contributed by atoms with van der Waals surface area (Å²) in [6.07, 6.45) is 11.7. The van der Waals surface area contributed by atoms with Crippen LogP contribution in [-0.4, -0.2) is 20.8 Å². The molecule has 1 aliphatic rings. The third-order valence-electron chi connectivity index (χ3n) is 4.60. The van der Waals surface area contributed by atoms with Crippen LogP contribution in [0.5, 0.6) is 0 Å². The summed E-state index contributed by atoms with van der Waals surface area (Å²) < 4.78 is 2.04. The monoisotopic (exact) mass is 250 g/mol. The third kappa shape index (κ3) is 3.35. The van der Waals surface area contributed by atoms with Crippen molar-refractivity contribution in [2.45, 2.75) is 58.0 Å². The van der Waals surface area contributed by atoms with Crippen LogP contribution in [0.4, 0.5) is 0 Å². The fraction of sp³-hybridized carbons (Fsp3) is 0.800. The summed E-state index contributed by atoms with van der Waals surface area (Å²) in [6.45, 7) is 2.28. The van der Waals surface area contributed by atoms with Gasteiger partial charge in [-0.05, 0) is 31.1 Å². The lowest BCUT2D eigenvalue weighted by molar-refractivity contribution is 0.0661. The normalized spacial score (nSPS) is 26.2. The Morgan fingerprint density at radius 1 is 1.39 bits per heavy atom. The van der Waals surface area contributed by atoms with E-state index in [0.29, 0.717) is 5.92 Å². The molecule has 3 nitrogen and oxygen atoms in total. The first-order valence-corrected chi connectivity index (χ1v) is 7.35. The van der Waals surface area contributed by atoms with Gasteiger partial charge in [-0.2, -0.15) is 0 Å². The zero-order chi connectivity index (χ0) is 13.0. The molecule has 18 heavy (non-hydrogen) atoms. The molecule has 1 aliphatic carbocycles. The molecule has 1 atom stereocenters. The van der Waals surface area contributed by atoms with E-state index in [4.69, 9.17) is 0 Å². The number of aliphatic hydroxyl groups is 1. The fourth-order valence-corrected chi connectivity index (χ4v) is 3.13. The smallest absolute Gasteiger partial charge is 0.108 e. The standard InChI is InChI=1S/C15H26N2O/c1-3-12-4-6-13(7-5-12)14(18)8-9-15-16-10-11-17(15)2/h10-14,18H,3-9H2,1-2H3. The van der Waals surface area contributed by atoms with Gasteiger partial charge in [-0.1, -0.05) is 26.2 Å². The molecular weight excluding hydrogens is 224 g/mol. The second kappa shape index (κ2) is 6.37. The van der Waals surface area contributed by atoms with Gasteiger partial charge in [0.15, 0.2) is 0 Å². The minimum atomic E-state index is -0.139. The highest BCUT2D eigenvalue weighted by Gasteiger charge is 2.25. The van der Waals surface area contributed by atoms with E-state index in [0.717, 1.165) is 24.6 Å². The van der Waals surface area contributed by atoms with Gasteiger partial charge >= 0.3 is 0 Å². The Morgan fingerprint density at radius 3 is 2.67 bits per heavy atom. The van der Waals surface area contributed by atoms with Crippen molar-refractivity contribution in [1.29, 1.82) is 0 Å². The molecule has 1 fully saturated rings. The van der Waals surface area contributed by atoms with E-state index in [9.17, 15) is 5.11 Å². The average Bonchev–Trinajstić information content (AvgIpc) is 2.81. The van der Waals surface area contributed by atoms with Crippen molar-refractivity contribution in [1.82, 2.24) is 9.55 Å². The summed E-state index contributed by atoms with van der Waals surface area (Å²) in [5.74, 6) is 2.51. The third-order valence-corrected chi connectivity index (χ3v) is 4.60. The maximum absolute atomic E-state index is 10.3. The van der Waals surface area contributed by atoms with Gasteiger partial charge in [0.2, 0.25) is 0 Å². The lowest BCUT2D eigenvalue weighted by atomic mass is 9.77. The fourth-order valence-electron chi connectivity index (χ4n) is 3.13. The van der Waals surface area contributed by atoms with Gasteiger partial charge < -0.3 is 9.67 Å². The van der Waals surface area contributed by atoms with Crippen molar-refractivity contribution >= 4 is 0 Å². The molecule has 1 aromatic rings. The Balaban J connectivity index is 1.75. The Kier molecular flexibility index (Phi) is 4.81. The molecule has 3 heteroatoms. The lowest BCUT2D eigenvalue weighted by Crippen LogP contribution is -2.26. The maximum atomic E-state index is 10.3. The number of aromatic nitrogens is 2. The van der Waals surface area contributed by atoms with E-state index >= 15 is 0 Å². The van der Waals surface area contributed by atoms with Crippen molar-refractivity contribution in [3.8, 4) is 0 Å². The number of hydrogen-bond donors (Lipinski definition) is 1. The maximum Gasteiger partial charge on any atom is 0.108 e. The summed E-state index contributed by atoms with van der Waals surface area (Å²) in [5.41, 5.74) is 0. The first kappa shape index (κ1) is 13.6. The molecule has 0 bridgehead atoms. The SMILES string of the molecule is CCC1CCC(C(O)CCc2nccn2C)CC1. The molecule has 0 amide bonds. The molecule has 0 aliphatic heterocycles. The molecule has 1 aromatic heterocycles. The van der Waals surface area contributed by atoms with E-state index in [1.54, 1.807) is 0 Å². The predicted octanol–water partition coefficient (Wildman–Crippen LogP) is 2.93. The van der Waals surface area contributed by atoms with Crippen LogP contribution in [0, 0.1) is 11.8 Å². The van der Waals surface area contributed by atoms with Gasteiger partial charge in [-0.3, -0.25) is 0 Å². The highest BCUT2D eigenvalue weighted by molar-refractivity contribution is 4.92. The molecule has 0 radical (unpaired) electrons. The second-order valence-corrected chi connectivity index (χ2v) is 5.75. The van der Waals surface area contributed by atoms with E-state index < -0.39 is 0 Å². The quantitative estimate of drug-likeness (QED) is 0.872. The topological polar surface area (TPSA) is 38.1 Å². The Morgan fingerprint density at radius 2 is 2.11 bits per heavy atom. The Bertz CT molecular complexity index is 353. The Hall–Kier alpha value is -0.830. The van der Waals surface area contributed by atoms with Crippen LogP contribution in [0.1, 0.15) is 51.3 Å². The number of hydrogen-bond acceptors (Lipinski definition) is 2. The highest BCUT2D eigenvalue weighted by Crippen LogP contribution is 2.33. The zero-order valence-corrected chi connectivity index (χ0v) is 11.7. The number of rotatable bonds is 5. The van der Waals surface area contributed by atoms with Gasteiger partial charge in [0.05, 0.1) is 6.10 Å². The van der Waals surface area contributed by atoms with Crippen LogP contribution in [0.15, 0.2) is 12.4 Å². The molecule has 2 rings (SSSR count). The minimum absolute atomic E-state index is 0.139. The van der Waals surface area contributed by atoms with Crippen LogP contribution in [0.3, 0.4) is 0 Å². The molecule has 1 saturated carbocycles. The van der Waals surface area contributed by atoms with Crippen molar-refractivity contribution in [2.75, 3.05) is 0 Å². The lowest BCUT2D eigenvalue weighted by Gasteiger charge is -2.31. The number of nitrogens with zero attached hydrogens (tertiary/aromatic N) is 2. The van der Waals surface area contributed by atoms with Crippen LogP contribution >= 0.6 is 0 Å². The zero-order valence-electron chi connectivity index (χ0n) is 11.7. The first-order valence-electron chi connectivity index (χ1n) is 7.35. The largest absolute Gasteiger partial charge is 0.393 e. The van der Waals surface area contributed by atoms with E-state index in [-0.39, 0.29) is 6.10 Å². The number of aryl methyl sites for hydroxylation is 2. The molecule has 1 N–H and O–H groups in total. The molecular formula is C15H26N2O. The molecule has 1 heterocycles. The van der Waals surface area contributed by atoms with Crippen LogP contribution in [0.25, 0.3) is 0 Å². The molecule has 0 aromatic carbocycles. The summed E-state index contributed by atoms with van der Waals surface area (Å²) in [6, 6.07) is 0. The van der Waals surface area contributed by atoms with Gasteiger partial charge in [-0.25, -0.2) is 4.98 Å². The van der Waals surface area contributed by atoms with Crippen LogP contribution in [-0.2, 0) is 13.5 Å². The van der Waals surface area contributed by atoms with E-state index in [1.807, 2.05) is 24.0 Å². The van der Waals surface area contributed by atoms with Gasteiger partial charge in [0.25, 0.3) is 0 Å². The summed E-state index contributed by atoms with van der Waals surface area (Å²) in [7, 11) is 2.02. The number of aliphatic hydroxyl groups excluding tert-OH is 1. The predicted molar refractivity (Wildman–Crippen MR) is 73.3 cm³/mol. The molecule has 102 valence electrons. The van der Waals surface area contributed by atoms with Crippen molar-refractivity contribution in [3.63, 3.8) is 0 Å². The van der Waals surface area contributed by atoms with E-state index in [2.05, 4.69) is 11.9 Å². The van der Waals surface area contributed by atoms with Crippen molar-refractivity contribution in [2.24, 2.45) is 18.9 Å². The molecule has 0 saturated heterocycles. The number of imidazole rings is 1. The van der Waals surface area contributed by atoms with Crippen LogP contribution < -0.4 is 0 Å². The van der Waals surface area contributed by atoms with Gasteiger partial charge in [0, 0.05) is 25.9 Å². The molecule has 0 spiro atoms. The first-order chi connectivity index (χ1) is 8.70. The van der Waals surface area contributed by atoms with Gasteiger partial charge in [-0.15, -0.1) is 0 Å². The summed E-state index contributed by atoms with van der Waals surface area (Å²) >= 11 is 0. The van der Waals surface area contributed by atoms with Crippen molar-refractivity contribution < 1.29 is 5.11 Å². The van der Waals surface area contributed by atoms with E-state index in [1.165, 1.54) is 32.1 Å². The summed E-state index contributed by atoms with van der Waals surface area (Å²) in [5, 5.41) is 10.3. The van der Waals surface area contributed by atoms with Crippen molar-refractivity contribution in [3.05, 3.63) is 18.2 Å². The molecule has 1 unspecified atom stereocenters. The summed E-state index contributed by atoms with van der Waals surface area (Å²) in [4.78, 5) is 4.31. The second-order valence-electron chi connectivity index (χ2n) is 5.75. The highest BCUT2D eigenvalue weighted by atomic mass is 16.3.